The van der Waals surface area contributed by atoms with Crippen molar-refractivity contribution in [1.82, 2.24) is 0 Å². The molecule has 1 aromatic rings. The molecule has 1 unspecified atom stereocenters. The smallest absolute Gasteiger partial charge is 0.122 e. The van der Waals surface area contributed by atoms with Crippen molar-refractivity contribution in [2.45, 2.75) is 46.5 Å². The van der Waals surface area contributed by atoms with Crippen LogP contribution in [0.15, 0.2) is 12.1 Å². The molecule has 0 saturated heterocycles. The molecule has 0 aliphatic heterocycles. The Bertz CT molecular complexity index is 404. The number of aryl methyl sites for hydroxylation is 1. The number of hydrogen-bond donors (Lipinski definition) is 1. The average molecular weight is 301 g/mol. The second-order valence-electron chi connectivity index (χ2n) is 5.55. The monoisotopic (exact) mass is 300 g/mol. The lowest BCUT2D eigenvalue weighted by atomic mass is 10.0. The van der Waals surface area contributed by atoms with Gasteiger partial charge < -0.3 is 4.74 Å². The fraction of sp³-hybridized carbons (Fsp3) is 0.625. The zero-order valence-corrected chi connectivity index (χ0v) is 14.0. The third-order valence-corrected chi connectivity index (χ3v) is 3.99. The van der Waals surface area contributed by atoms with Gasteiger partial charge in [-0.15, -0.1) is 0 Å². The SMILES string of the molecule is Cc1cc(Cl)c(C(C)C)cc1OCCC(C)CCS. The molecule has 0 aliphatic rings. The molecule has 0 bridgehead atoms. The van der Waals surface area contributed by atoms with Crippen LogP contribution in [0.3, 0.4) is 0 Å². The van der Waals surface area contributed by atoms with Crippen LogP contribution in [-0.2, 0) is 0 Å². The molecule has 0 amide bonds. The van der Waals surface area contributed by atoms with Crippen LogP contribution < -0.4 is 4.74 Å². The Labute approximate surface area is 128 Å². The average Bonchev–Trinajstić information content (AvgIpc) is 2.31. The van der Waals surface area contributed by atoms with Gasteiger partial charge in [-0.2, -0.15) is 12.6 Å². The van der Waals surface area contributed by atoms with Crippen LogP contribution in [-0.4, -0.2) is 12.4 Å². The Morgan fingerprint density at radius 2 is 1.89 bits per heavy atom. The molecule has 19 heavy (non-hydrogen) atoms. The first kappa shape index (κ1) is 16.7. The van der Waals surface area contributed by atoms with Crippen molar-refractivity contribution in [3.8, 4) is 5.75 Å². The second kappa shape index (κ2) is 8.06. The highest BCUT2D eigenvalue weighted by Crippen LogP contribution is 2.31. The molecule has 0 N–H and O–H groups in total. The van der Waals surface area contributed by atoms with Gasteiger partial charge in [0.05, 0.1) is 6.61 Å². The molecule has 0 aliphatic carbocycles. The van der Waals surface area contributed by atoms with Gasteiger partial charge in [0.2, 0.25) is 0 Å². The highest BCUT2D eigenvalue weighted by atomic mass is 35.5. The molecule has 0 radical (unpaired) electrons. The predicted octanol–water partition coefficient (Wildman–Crippen LogP) is 5.50. The molecule has 3 heteroatoms. The van der Waals surface area contributed by atoms with Gasteiger partial charge in [0.1, 0.15) is 5.75 Å². The van der Waals surface area contributed by atoms with Gasteiger partial charge in [-0.05, 0) is 60.6 Å². The van der Waals surface area contributed by atoms with Crippen LogP contribution in [0.5, 0.6) is 5.75 Å². The first-order valence-corrected chi connectivity index (χ1v) is 8.00. The third-order valence-electron chi connectivity index (χ3n) is 3.41. The van der Waals surface area contributed by atoms with Crippen LogP contribution in [0.25, 0.3) is 0 Å². The summed E-state index contributed by atoms with van der Waals surface area (Å²) in [5.74, 6) is 2.98. The first-order valence-electron chi connectivity index (χ1n) is 6.99. The fourth-order valence-corrected chi connectivity index (χ4v) is 2.88. The van der Waals surface area contributed by atoms with Gasteiger partial charge in [-0.1, -0.05) is 32.4 Å². The summed E-state index contributed by atoms with van der Waals surface area (Å²) < 4.78 is 5.92. The van der Waals surface area contributed by atoms with E-state index in [0.717, 1.165) is 47.1 Å². The lowest BCUT2D eigenvalue weighted by Gasteiger charge is -2.16. The first-order chi connectivity index (χ1) is 8.95. The minimum Gasteiger partial charge on any atom is -0.493 e. The van der Waals surface area contributed by atoms with Crippen molar-refractivity contribution < 1.29 is 4.74 Å². The van der Waals surface area contributed by atoms with Crippen molar-refractivity contribution in [3.05, 3.63) is 28.3 Å². The largest absolute Gasteiger partial charge is 0.493 e. The Hall–Kier alpha value is -0.340. The van der Waals surface area contributed by atoms with E-state index in [0.29, 0.717) is 11.8 Å². The topological polar surface area (TPSA) is 9.23 Å². The Kier molecular flexibility index (Phi) is 7.09. The second-order valence-corrected chi connectivity index (χ2v) is 6.40. The summed E-state index contributed by atoms with van der Waals surface area (Å²) >= 11 is 10.5. The van der Waals surface area contributed by atoms with Gasteiger partial charge in [0.25, 0.3) is 0 Å². The summed E-state index contributed by atoms with van der Waals surface area (Å²) in [6, 6.07) is 4.09. The highest BCUT2D eigenvalue weighted by Gasteiger charge is 2.10. The predicted molar refractivity (Wildman–Crippen MR) is 88.0 cm³/mol. The van der Waals surface area contributed by atoms with E-state index in [1.807, 2.05) is 13.0 Å². The lowest BCUT2D eigenvalue weighted by molar-refractivity contribution is 0.280. The molecule has 0 fully saturated rings. The molecule has 1 aromatic carbocycles. The van der Waals surface area contributed by atoms with E-state index < -0.39 is 0 Å². The molecule has 108 valence electrons. The van der Waals surface area contributed by atoms with Crippen molar-refractivity contribution in [2.24, 2.45) is 5.92 Å². The Morgan fingerprint density at radius 3 is 2.47 bits per heavy atom. The summed E-state index contributed by atoms with van der Waals surface area (Å²) in [6.45, 7) is 9.34. The maximum Gasteiger partial charge on any atom is 0.122 e. The van der Waals surface area contributed by atoms with Crippen LogP contribution in [0.4, 0.5) is 0 Å². The molecule has 0 spiro atoms. The zero-order valence-electron chi connectivity index (χ0n) is 12.4. The van der Waals surface area contributed by atoms with E-state index in [1.165, 1.54) is 0 Å². The van der Waals surface area contributed by atoms with Crippen molar-refractivity contribution in [3.63, 3.8) is 0 Å². The molecule has 0 aromatic heterocycles. The molecule has 1 rings (SSSR count). The maximum atomic E-state index is 6.26. The Balaban J connectivity index is 2.65. The Morgan fingerprint density at radius 1 is 1.21 bits per heavy atom. The number of ether oxygens (including phenoxy) is 1. The van der Waals surface area contributed by atoms with Gasteiger partial charge >= 0.3 is 0 Å². The standard InChI is InChI=1S/C16H25ClOS/c1-11(2)14-10-16(13(4)9-15(14)17)18-7-5-12(3)6-8-19/h9-12,19H,5-8H2,1-4H3. The number of thiol groups is 1. The number of benzene rings is 1. The van der Waals surface area contributed by atoms with E-state index >= 15 is 0 Å². The summed E-state index contributed by atoms with van der Waals surface area (Å²) in [5, 5.41) is 0.836. The van der Waals surface area contributed by atoms with Crippen LogP contribution in [0.1, 0.15) is 50.7 Å². The molecule has 1 nitrogen and oxygen atoms in total. The highest BCUT2D eigenvalue weighted by molar-refractivity contribution is 7.80. The van der Waals surface area contributed by atoms with Crippen LogP contribution in [0, 0.1) is 12.8 Å². The summed E-state index contributed by atoms with van der Waals surface area (Å²) in [6.07, 6.45) is 2.21. The van der Waals surface area contributed by atoms with Crippen LogP contribution >= 0.6 is 24.2 Å². The molecular weight excluding hydrogens is 276 g/mol. The van der Waals surface area contributed by atoms with E-state index in [4.69, 9.17) is 16.3 Å². The van der Waals surface area contributed by atoms with Gasteiger partial charge in [-0.3, -0.25) is 0 Å². The summed E-state index contributed by atoms with van der Waals surface area (Å²) in [5.41, 5.74) is 2.27. The van der Waals surface area contributed by atoms with Gasteiger partial charge in [-0.25, -0.2) is 0 Å². The molecule has 0 heterocycles. The quantitative estimate of drug-likeness (QED) is 0.654. The molecule has 1 atom stereocenters. The van der Waals surface area contributed by atoms with Crippen LogP contribution in [0.2, 0.25) is 5.02 Å². The van der Waals surface area contributed by atoms with Crippen molar-refractivity contribution in [1.29, 1.82) is 0 Å². The molecular formula is C16H25ClOS. The van der Waals surface area contributed by atoms with Crippen molar-refractivity contribution in [2.75, 3.05) is 12.4 Å². The normalized spacial score (nSPS) is 12.8. The summed E-state index contributed by atoms with van der Waals surface area (Å²) in [7, 11) is 0. The van der Waals surface area contributed by atoms with E-state index in [2.05, 4.69) is 39.5 Å². The third kappa shape index (κ3) is 5.27. The number of hydrogen-bond acceptors (Lipinski definition) is 2. The van der Waals surface area contributed by atoms with E-state index in [-0.39, 0.29) is 0 Å². The summed E-state index contributed by atoms with van der Waals surface area (Å²) in [4.78, 5) is 0. The minimum atomic E-state index is 0.415. The van der Waals surface area contributed by atoms with E-state index in [9.17, 15) is 0 Å². The van der Waals surface area contributed by atoms with Crippen molar-refractivity contribution >= 4 is 24.2 Å². The molecule has 0 saturated carbocycles. The van der Waals surface area contributed by atoms with E-state index in [1.54, 1.807) is 0 Å². The van der Waals surface area contributed by atoms with Gasteiger partial charge in [0.15, 0.2) is 0 Å². The maximum absolute atomic E-state index is 6.26. The number of rotatable bonds is 7. The number of halogens is 1. The minimum absolute atomic E-state index is 0.415. The van der Waals surface area contributed by atoms with Gasteiger partial charge in [0, 0.05) is 5.02 Å². The lowest BCUT2D eigenvalue weighted by Crippen LogP contribution is -2.06. The zero-order chi connectivity index (χ0) is 14.4. The fourth-order valence-electron chi connectivity index (χ4n) is 2.00.